The van der Waals surface area contributed by atoms with Crippen molar-refractivity contribution in [1.29, 1.82) is 0 Å². The van der Waals surface area contributed by atoms with E-state index in [-0.39, 0.29) is 18.2 Å². The minimum Gasteiger partial charge on any atom is -0.326 e. The van der Waals surface area contributed by atoms with Gasteiger partial charge in [-0.15, -0.1) is 6.58 Å². The van der Waals surface area contributed by atoms with Crippen molar-refractivity contribution in [1.82, 2.24) is 4.90 Å². The summed E-state index contributed by atoms with van der Waals surface area (Å²) in [6.07, 6.45) is 1.77. The van der Waals surface area contributed by atoms with E-state index in [1.807, 2.05) is 64.1 Å². The fourth-order valence-electron chi connectivity index (χ4n) is 3.47. The Morgan fingerprint density at radius 2 is 1.67 bits per heavy atom. The highest BCUT2D eigenvalue weighted by molar-refractivity contribution is 8.15. The SMILES string of the molecule is C=CCN1C(=O)[C@@H](CC(=O)Nc2c(C)cccc2C)SC1=Nc1c(C)cccc1C. The molecule has 3 rings (SSSR count). The summed E-state index contributed by atoms with van der Waals surface area (Å²) >= 11 is 1.34. The summed E-state index contributed by atoms with van der Waals surface area (Å²) in [6.45, 7) is 12.0. The first-order valence-corrected chi connectivity index (χ1v) is 10.8. The Kier molecular flexibility index (Phi) is 6.77. The second kappa shape index (κ2) is 9.30. The molecule has 1 heterocycles. The van der Waals surface area contributed by atoms with Crippen LogP contribution in [0.1, 0.15) is 28.7 Å². The van der Waals surface area contributed by atoms with Gasteiger partial charge in [-0.3, -0.25) is 14.5 Å². The molecule has 1 saturated heterocycles. The number of amidine groups is 1. The van der Waals surface area contributed by atoms with Crippen LogP contribution in [0.5, 0.6) is 0 Å². The summed E-state index contributed by atoms with van der Waals surface area (Å²) in [6, 6.07) is 11.9. The summed E-state index contributed by atoms with van der Waals surface area (Å²) in [4.78, 5) is 32.1. The number of aryl methyl sites for hydroxylation is 4. The first-order valence-electron chi connectivity index (χ1n) is 9.91. The molecule has 2 aromatic rings. The van der Waals surface area contributed by atoms with Crippen LogP contribution in [-0.4, -0.2) is 33.7 Å². The van der Waals surface area contributed by atoms with Crippen LogP contribution in [0.25, 0.3) is 0 Å². The number of carbonyl (C=O) groups is 2. The van der Waals surface area contributed by atoms with Gasteiger partial charge in [0.2, 0.25) is 11.8 Å². The normalized spacial score (nSPS) is 17.5. The van der Waals surface area contributed by atoms with Gasteiger partial charge in [0.1, 0.15) is 5.25 Å². The lowest BCUT2D eigenvalue weighted by molar-refractivity contribution is -0.127. The molecule has 0 radical (unpaired) electrons. The molecule has 5 nitrogen and oxygen atoms in total. The maximum atomic E-state index is 13.0. The van der Waals surface area contributed by atoms with Crippen LogP contribution in [0.3, 0.4) is 0 Å². The number of para-hydroxylation sites is 2. The van der Waals surface area contributed by atoms with Crippen molar-refractivity contribution in [3.8, 4) is 0 Å². The molecule has 0 saturated carbocycles. The zero-order valence-electron chi connectivity index (χ0n) is 17.9. The van der Waals surface area contributed by atoms with Gasteiger partial charge in [0.05, 0.1) is 5.69 Å². The van der Waals surface area contributed by atoms with Crippen LogP contribution in [0.4, 0.5) is 11.4 Å². The van der Waals surface area contributed by atoms with Gasteiger partial charge in [0.15, 0.2) is 5.17 Å². The van der Waals surface area contributed by atoms with E-state index in [4.69, 9.17) is 4.99 Å². The van der Waals surface area contributed by atoms with Gasteiger partial charge in [0, 0.05) is 18.7 Å². The van der Waals surface area contributed by atoms with Gasteiger partial charge in [-0.1, -0.05) is 54.2 Å². The van der Waals surface area contributed by atoms with E-state index >= 15 is 0 Å². The first-order chi connectivity index (χ1) is 14.3. The molecule has 2 aromatic carbocycles. The van der Waals surface area contributed by atoms with E-state index in [2.05, 4.69) is 11.9 Å². The third-order valence-electron chi connectivity index (χ3n) is 5.09. The van der Waals surface area contributed by atoms with Gasteiger partial charge < -0.3 is 5.32 Å². The number of benzene rings is 2. The first kappa shape index (κ1) is 21.8. The Balaban J connectivity index is 1.81. The van der Waals surface area contributed by atoms with Crippen molar-refractivity contribution in [3.05, 3.63) is 71.3 Å². The molecule has 1 fully saturated rings. The van der Waals surface area contributed by atoms with Gasteiger partial charge in [-0.25, -0.2) is 4.99 Å². The van der Waals surface area contributed by atoms with E-state index in [0.29, 0.717) is 11.7 Å². The molecule has 1 N–H and O–H groups in total. The van der Waals surface area contributed by atoms with Crippen LogP contribution in [0.2, 0.25) is 0 Å². The largest absolute Gasteiger partial charge is 0.326 e. The number of thioether (sulfide) groups is 1. The topological polar surface area (TPSA) is 61.8 Å². The van der Waals surface area contributed by atoms with Gasteiger partial charge in [0.25, 0.3) is 0 Å². The summed E-state index contributed by atoms with van der Waals surface area (Å²) in [5, 5.41) is 3.08. The molecule has 0 aromatic heterocycles. The predicted molar refractivity (Wildman–Crippen MR) is 125 cm³/mol. The molecule has 0 bridgehead atoms. The van der Waals surface area contributed by atoms with Crippen molar-refractivity contribution in [2.45, 2.75) is 39.4 Å². The van der Waals surface area contributed by atoms with Crippen molar-refractivity contribution in [3.63, 3.8) is 0 Å². The number of carbonyl (C=O) groups excluding carboxylic acids is 2. The standard InChI is InChI=1S/C24H27N3O2S/c1-6-13-27-23(29)19(14-20(28)25-21-15(2)9-7-10-16(21)3)30-24(27)26-22-17(4)11-8-12-18(22)5/h6-12,19H,1,13-14H2,2-5H3,(H,25,28)/t19-/m1/s1. The fourth-order valence-corrected chi connectivity index (χ4v) is 4.62. The maximum absolute atomic E-state index is 13.0. The Hall–Kier alpha value is -2.86. The van der Waals surface area contributed by atoms with E-state index in [0.717, 1.165) is 33.6 Å². The van der Waals surface area contributed by atoms with Gasteiger partial charge in [-0.2, -0.15) is 0 Å². The molecule has 1 aliphatic heterocycles. The quantitative estimate of drug-likeness (QED) is 0.663. The Morgan fingerprint density at radius 3 is 2.23 bits per heavy atom. The second-order valence-corrected chi connectivity index (χ2v) is 8.67. The molecule has 1 atom stereocenters. The summed E-state index contributed by atoms with van der Waals surface area (Å²) in [5.41, 5.74) is 5.77. The maximum Gasteiger partial charge on any atom is 0.242 e. The number of aliphatic imine (C=N–C) groups is 1. The highest BCUT2D eigenvalue weighted by Gasteiger charge is 2.38. The molecular weight excluding hydrogens is 394 g/mol. The lowest BCUT2D eigenvalue weighted by atomic mass is 10.1. The monoisotopic (exact) mass is 421 g/mol. The number of rotatable bonds is 6. The molecule has 156 valence electrons. The summed E-state index contributed by atoms with van der Waals surface area (Å²) in [5.74, 6) is -0.285. The van der Waals surface area contributed by atoms with Crippen molar-refractivity contribution in [2.75, 3.05) is 11.9 Å². The summed E-state index contributed by atoms with van der Waals surface area (Å²) in [7, 11) is 0. The number of anilines is 1. The Morgan fingerprint density at radius 1 is 1.10 bits per heavy atom. The van der Waals surface area contributed by atoms with Crippen LogP contribution >= 0.6 is 11.8 Å². The molecule has 6 heteroatoms. The summed E-state index contributed by atoms with van der Waals surface area (Å²) < 4.78 is 0. The molecule has 1 aliphatic rings. The van der Waals surface area contributed by atoms with Crippen molar-refractivity contribution >= 4 is 40.1 Å². The minimum atomic E-state index is -0.502. The highest BCUT2D eigenvalue weighted by atomic mass is 32.2. The van der Waals surface area contributed by atoms with E-state index < -0.39 is 5.25 Å². The van der Waals surface area contributed by atoms with Crippen molar-refractivity contribution in [2.24, 2.45) is 4.99 Å². The molecule has 0 unspecified atom stereocenters. The molecule has 2 amide bonds. The van der Waals surface area contributed by atoms with Crippen LogP contribution in [-0.2, 0) is 9.59 Å². The molecule has 30 heavy (non-hydrogen) atoms. The van der Waals surface area contributed by atoms with Crippen LogP contribution in [0.15, 0.2) is 54.0 Å². The van der Waals surface area contributed by atoms with Crippen LogP contribution in [0, 0.1) is 27.7 Å². The number of nitrogens with zero attached hydrogens (tertiary/aromatic N) is 2. The molecule has 0 aliphatic carbocycles. The number of hydrogen-bond acceptors (Lipinski definition) is 4. The molecule has 0 spiro atoms. The molecular formula is C24H27N3O2S. The van der Waals surface area contributed by atoms with Crippen molar-refractivity contribution < 1.29 is 9.59 Å². The van der Waals surface area contributed by atoms with Gasteiger partial charge >= 0.3 is 0 Å². The zero-order valence-corrected chi connectivity index (χ0v) is 18.7. The number of nitrogens with one attached hydrogen (secondary N) is 1. The fraction of sp³-hybridized carbons (Fsp3) is 0.292. The van der Waals surface area contributed by atoms with Crippen LogP contribution < -0.4 is 5.32 Å². The number of hydrogen-bond donors (Lipinski definition) is 1. The Bertz CT molecular complexity index is 989. The average molecular weight is 422 g/mol. The van der Waals surface area contributed by atoms with E-state index in [9.17, 15) is 9.59 Å². The second-order valence-electron chi connectivity index (χ2n) is 7.50. The smallest absolute Gasteiger partial charge is 0.242 e. The lowest BCUT2D eigenvalue weighted by Crippen LogP contribution is -2.33. The average Bonchev–Trinajstić information content (AvgIpc) is 2.97. The van der Waals surface area contributed by atoms with Gasteiger partial charge in [-0.05, 0) is 49.9 Å². The lowest BCUT2D eigenvalue weighted by Gasteiger charge is -2.15. The minimum absolute atomic E-state index is 0.0939. The zero-order chi connectivity index (χ0) is 21.8. The third kappa shape index (κ3) is 4.65. The highest BCUT2D eigenvalue weighted by Crippen LogP contribution is 2.34. The number of amides is 2. The Labute approximate surface area is 182 Å². The van der Waals surface area contributed by atoms with E-state index in [1.54, 1.807) is 11.0 Å². The predicted octanol–water partition coefficient (Wildman–Crippen LogP) is 5.07. The third-order valence-corrected chi connectivity index (χ3v) is 6.27. The van der Waals surface area contributed by atoms with E-state index in [1.165, 1.54) is 11.8 Å².